The molecule has 2 nitrogen and oxygen atoms in total. The molecule has 1 aliphatic rings. The predicted molar refractivity (Wildman–Crippen MR) is 53.9 cm³/mol. The van der Waals surface area contributed by atoms with Gasteiger partial charge in [-0.15, -0.1) is 0 Å². The molecule has 0 atom stereocenters. The highest BCUT2D eigenvalue weighted by Gasteiger charge is 2.22. The van der Waals surface area contributed by atoms with Gasteiger partial charge in [0.2, 0.25) is 0 Å². The molecule has 0 radical (unpaired) electrons. The Balaban J connectivity index is 1.93. The summed E-state index contributed by atoms with van der Waals surface area (Å²) in [5.41, 5.74) is 2.56. The van der Waals surface area contributed by atoms with Crippen molar-refractivity contribution in [3.05, 3.63) is 42.4 Å². The van der Waals surface area contributed by atoms with Gasteiger partial charge < -0.3 is 4.42 Å². The molecule has 0 N–H and O–H groups in total. The van der Waals surface area contributed by atoms with E-state index in [1.165, 1.54) is 24.8 Å². The second-order valence-electron chi connectivity index (χ2n) is 3.76. The van der Waals surface area contributed by atoms with Crippen LogP contribution in [0.25, 0.3) is 11.3 Å². The Kier molecular flexibility index (Phi) is 1.66. The lowest BCUT2D eigenvalue weighted by Gasteiger charge is -1.99. The summed E-state index contributed by atoms with van der Waals surface area (Å²) in [5.74, 6) is 1.66. The van der Waals surface area contributed by atoms with Crippen molar-refractivity contribution < 1.29 is 4.42 Å². The minimum Gasteiger partial charge on any atom is -0.444 e. The Labute approximate surface area is 82.6 Å². The van der Waals surface area contributed by atoms with Crippen molar-refractivity contribution >= 4 is 0 Å². The van der Waals surface area contributed by atoms with Crippen molar-refractivity contribution in [3.63, 3.8) is 0 Å². The third kappa shape index (κ3) is 1.33. The maximum Gasteiger partial charge on any atom is 0.181 e. The standard InChI is InChI=1S/C12H11NO/c1-2-9(1)10-3-5-11(6-4-10)12-7-13-8-14-12/h3-9H,1-2H2. The zero-order valence-corrected chi connectivity index (χ0v) is 7.81. The summed E-state index contributed by atoms with van der Waals surface area (Å²) < 4.78 is 5.22. The van der Waals surface area contributed by atoms with Crippen LogP contribution in [0, 0.1) is 0 Å². The monoisotopic (exact) mass is 185 g/mol. The molecule has 14 heavy (non-hydrogen) atoms. The summed E-state index contributed by atoms with van der Waals surface area (Å²) in [7, 11) is 0. The SMILES string of the molecule is c1ncc(-c2ccc(C3CC3)cc2)o1. The molecule has 0 spiro atoms. The Morgan fingerprint density at radius 1 is 1.14 bits per heavy atom. The van der Waals surface area contributed by atoms with E-state index in [0.29, 0.717) is 0 Å². The Bertz CT molecular complexity index is 412. The molecular formula is C12H11NO. The molecule has 0 unspecified atom stereocenters. The van der Waals surface area contributed by atoms with Gasteiger partial charge in [-0.05, 0) is 24.3 Å². The molecule has 1 saturated carbocycles. The van der Waals surface area contributed by atoms with E-state index in [1.807, 2.05) is 0 Å². The first-order valence-corrected chi connectivity index (χ1v) is 4.92. The summed E-state index contributed by atoms with van der Waals surface area (Å²) in [6.07, 6.45) is 5.90. The summed E-state index contributed by atoms with van der Waals surface area (Å²) in [6, 6.07) is 8.59. The first kappa shape index (κ1) is 7.80. The molecule has 1 fully saturated rings. The minimum absolute atomic E-state index is 0.818. The molecule has 0 saturated heterocycles. The van der Waals surface area contributed by atoms with Crippen LogP contribution in [0.4, 0.5) is 0 Å². The molecule has 0 bridgehead atoms. The Morgan fingerprint density at radius 3 is 2.50 bits per heavy atom. The zero-order chi connectivity index (χ0) is 9.38. The van der Waals surface area contributed by atoms with Crippen molar-refractivity contribution in [3.8, 4) is 11.3 Å². The van der Waals surface area contributed by atoms with Crippen molar-refractivity contribution in [1.82, 2.24) is 4.98 Å². The van der Waals surface area contributed by atoms with Gasteiger partial charge in [-0.3, -0.25) is 0 Å². The highest BCUT2D eigenvalue weighted by atomic mass is 16.3. The molecule has 2 heteroatoms. The quantitative estimate of drug-likeness (QED) is 0.718. The fourth-order valence-electron chi connectivity index (χ4n) is 1.69. The number of rotatable bonds is 2. The van der Waals surface area contributed by atoms with Gasteiger partial charge >= 0.3 is 0 Å². The fourth-order valence-corrected chi connectivity index (χ4v) is 1.69. The molecule has 1 aliphatic carbocycles. The summed E-state index contributed by atoms with van der Waals surface area (Å²) in [5, 5.41) is 0. The summed E-state index contributed by atoms with van der Waals surface area (Å²) in [4.78, 5) is 3.90. The van der Waals surface area contributed by atoms with Crippen LogP contribution < -0.4 is 0 Å². The number of benzene rings is 1. The molecule has 1 aromatic carbocycles. The van der Waals surface area contributed by atoms with Crippen LogP contribution in [0.2, 0.25) is 0 Å². The fraction of sp³-hybridized carbons (Fsp3) is 0.250. The molecule has 3 rings (SSSR count). The van der Waals surface area contributed by atoms with E-state index < -0.39 is 0 Å². The first-order valence-electron chi connectivity index (χ1n) is 4.92. The lowest BCUT2D eigenvalue weighted by atomic mass is 10.1. The molecule has 70 valence electrons. The Hall–Kier alpha value is -1.57. The highest BCUT2D eigenvalue weighted by molar-refractivity contribution is 5.56. The molecule has 0 aliphatic heterocycles. The van der Waals surface area contributed by atoms with Crippen molar-refractivity contribution in [2.24, 2.45) is 0 Å². The number of hydrogen-bond acceptors (Lipinski definition) is 2. The van der Waals surface area contributed by atoms with Crippen LogP contribution in [0.3, 0.4) is 0 Å². The van der Waals surface area contributed by atoms with Crippen LogP contribution in [0.5, 0.6) is 0 Å². The molecule has 1 aromatic heterocycles. The van der Waals surface area contributed by atoms with Crippen LogP contribution in [0.1, 0.15) is 24.3 Å². The van der Waals surface area contributed by atoms with E-state index in [9.17, 15) is 0 Å². The van der Waals surface area contributed by atoms with Crippen LogP contribution in [0.15, 0.2) is 41.3 Å². The normalized spacial score (nSPS) is 15.7. The van der Waals surface area contributed by atoms with E-state index in [0.717, 1.165) is 17.2 Å². The van der Waals surface area contributed by atoms with Gasteiger partial charge in [0.05, 0.1) is 6.20 Å². The van der Waals surface area contributed by atoms with E-state index in [2.05, 4.69) is 29.2 Å². The lowest BCUT2D eigenvalue weighted by Crippen LogP contribution is -1.79. The third-order valence-corrected chi connectivity index (χ3v) is 2.68. The predicted octanol–water partition coefficient (Wildman–Crippen LogP) is 3.22. The second kappa shape index (κ2) is 2.98. The molecule has 1 heterocycles. The number of oxazole rings is 1. The highest BCUT2D eigenvalue weighted by Crippen LogP contribution is 2.40. The summed E-state index contributed by atoms with van der Waals surface area (Å²) in [6.45, 7) is 0. The van der Waals surface area contributed by atoms with E-state index in [1.54, 1.807) is 6.20 Å². The maximum absolute atomic E-state index is 5.22. The lowest BCUT2D eigenvalue weighted by molar-refractivity contribution is 0.572. The van der Waals surface area contributed by atoms with Crippen molar-refractivity contribution in [2.45, 2.75) is 18.8 Å². The second-order valence-corrected chi connectivity index (χ2v) is 3.76. The first-order chi connectivity index (χ1) is 6.93. The Morgan fingerprint density at radius 2 is 1.93 bits per heavy atom. The van der Waals surface area contributed by atoms with E-state index in [4.69, 9.17) is 4.42 Å². The number of aromatic nitrogens is 1. The topological polar surface area (TPSA) is 26.0 Å². The van der Waals surface area contributed by atoms with Crippen molar-refractivity contribution in [2.75, 3.05) is 0 Å². The average Bonchev–Trinajstić information content (AvgIpc) is 2.94. The maximum atomic E-state index is 5.22. The molecular weight excluding hydrogens is 174 g/mol. The van der Waals surface area contributed by atoms with Gasteiger partial charge in [-0.25, -0.2) is 4.98 Å². The van der Waals surface area contributed by atoms with Gasteiger partial charge in [-0.2, -0.15) is 0 Å². The summed E-state index contributed by atoms with van der Waals surface area (Å²) >= 11 is 0. The zero-order valence-electron chi connectivity index (χ0n) is 7.81. The third-order valence-electron chi connectivity index (χ3n) is 2.68. The van der Waals surface area contributed by atoms with Gasteiger partial charge in [-0.1, -0.05) is 24.3 Å². The largest absolute Gasteiger partial charge is 0.444 e. The number of hydrogen-bond donors (Lipinski definition) is 0. The molecule has 2 aromatic rings. The van der Waals surface area contributed by atoms with Crippen LogP contribution >= 0.6 is 0 Å². The van der Waals surface area contributed by atoms with Gasteiger partial charge in [0.25, 0.3) is 0 Å². The van der Waals surface area contributed by atoms with E-state index >= 15 is 0 Å². The van der Waals surface area contributed by atoms with E-state index in [-0.39, 0.29) is 0 Å². The van der Waals surface area contributed by atoms with Gasteiger partial charge in [0.1, 0.15) is 0 Å². The minimum atomic E-state index is 0.818. The number of nitrogens with zero attached hydrogens (tertiary/aromatic N) is 1. The van der Waals surface area contributed by atoms with Gasteiger partial charge in [0, 0.05) is 5.56 Å². The van der Waals surface area contributed by atoms with Crippen molar-refractivity contribution in [1.29, 1.82) is 0 Å². The smallest absolute Gasteiger partial charge is 0.181 e. The van der Waals surface area contributed by atoms with Crippen LogP contribution in [-0.2, 0) is 0 Å². The average molecular weight is 185 g/mol. The molecule has 0 amide bonds. The van der Waals surface area contributed by atoms with Crippen LogP contribution in [-0.4, -0.2) is 4.98 Å². The van der Waals surface area contributed by atoms with Gasteiger partial charge in [0.15, 0.2) is 12.2 Å².